The molecule has 0 radical (unpaired) electrons. The third-order valence-electron chi connectivity index (χ3n) is 4.61. The summed E-state index contributed by atoms with van der Waals surface area (Å²) in [4.78, 5) is 10.5. The van der Waals surface area contributed by atoms with Crippen LogP contribution in [0.2, 0.25) is 0 Å². The van der Waals surface area contributed by atoms with Gasteiger partial charge >= 0.3 is 0 Å². The van der Waals surface area contributed by atoms with Crippen molar-refractivity contribution in [3.63, 3.8) is 0 Å². The SMILES string of the molecule is CCCc1nc2c(C)cc(C3Nc4ccccc4N3C)cc2[nH]1. The lowest BCUT2D eigenvalue weighted by molar-refractivity contribution is 0.792. The van der Waals surface area contributed by atoms with E-state index in [4.69, 9.17) is 4.98 Å². The van der Waals surface area contributed by atoms with Gasteiger partial charge in [0.05, 0.1) is 22.4 Å². The first kappa shape index (κ1) is 14.1. The predicted molar refractivity (Wildman–Crippen MR) is 96.0 cm³/mol. The van der Waals surface area contributed by atoms with E-state index >= 15 is 0 Å². The van der Waals surface area contributed by atoms with Crippen LogP contribution in [0.3, 0.4) is 0 Å². The van der Waals surface area contributed by atoms with Crippen molar-refractivity contribution in [1.82, 2.24) is 9.97 Å². The Balaban J connectivity index is 1.75. The Morgan fingerprint density at radius 2 is 2.04 bits per heavy atom. The van der Waals surface area contributed by atoms with Crippen molar-refractivity contribution in [1.29, 1.82) is 0 Å². The fourth-order valence-corrected chi connectivity index (χ4v) is 3.48. The molecule has 4 heteroatoms. The largest absolute Gasteiger partial charge is 0.360 e. The number of aryl methyl sites for hydroxylation is 2. The second-order valence-corrected chi connectivity index (χ2v) is 6.34. The van der Waals surface area contributed by atoms with Gasteiger partial charge in [0.1, 0.15) is 12.0 Å². The molecule has 0 aliphatic carbocycles. The highest BCUT2D eigenvalue weighted by Crippen LogP contribution is 2.40. The van der Waals surface area contributed by atoms with Crippen LogP contribution >= 0.6 is 0 Å². The van der Waals surface area contributed by atoms with Crippen molar-refractivity contribution < 1.29 is 0 Å². The number of aromatic amines is 1. The first-order valence-electron chi connectivity index (χ1n) is 8.25. The summed E-state index contributed by atoms with van der Waals surface area (Å²) in [5.74, 6) is 1.08. The zero-order valence-electron chi connectivity index (χ0n) is 13.9. The maximum Gasteiger partial charge on any atom is 0.125 e. The second-order valence-electron chi connectivity index (χ2n) is 6.34. The van der Waals surface area contributed by atoms with Crippen molar-refractivity contribution in [2.24, 2.45) is 0 Å². The molecule has 0 fully saturated rings. The first-order valence-corrected chi connectivity index (χ1v) is 8.25. The monoisotopic (exact) mass is 306 g/mol. The minimum Gasteiger partial charge on any atom is -0.360 e. The average Bonchev–Trinajstić information content (AvgIpc) is 3.10. The van der Waals surface area contributed by atoms with Gasteiger partial charge in [-0.25, -0.2) is 4.98 Å². The molecule has 0 spiro atoms. The number of hydrogen-bond acceptors (Lipinski definition) is 3. The quantitative estimate of drug-likeness (QED) is 0.754. The van der Waals surface area contributed by atoms with E-state index in [0.717, 1.165) is 29.7 Å². The molecule has 4 rings (SSSR count). The van der Waals surface area contributed by atoms with E-state index in [1.807, 2.05) is 0 Å². The molecule has 0 bridgehead atoms. The average molecular weight is 306 g/mol. The summed E-state index contributed by atoms with van der Waals surface area (Å²) >= 11 is 0. The molecule has 2 N–H and O–H groups in total. The first-order chi connectivity index (χ1) is 11.2. The lowest BCUT2D eigenvalue weighted by Crippen LogP contribution is -2.23. The molecule has 4 nitrogen and oxygen atoms in total. The number of nitrogens with zero attached hydrogens (tertiary/aromatic N) is 2. The Morgan fingerprint density at radius 3 is 2.83 bits per heavy atom. The highest BCUT2D eigenvalue weighted by Gasteiger charge is 2.27. The molecular formula is C19H22N4. The van der Waals surface area contributed by atoms with Crippen molar-refractivity contribution >= 4 is 22.4 Å². The number of rotatable bonds is 3. The minimum atomic E-state index is 0.161. The molecule has 3 aromatic rings. The fourth-order valence-electron chi connectivity index (χ4n) is 3.48. The van der Waals surface area contributed by atoms with E-state index in [1.54, 1.807) is 0 Å². The van der Waals surface area contributed by atoms with Crippen LogP contribution in [-0.4, -0.2) is 17.0 Å². The van der Waals surface area contributed by atoms with E-state index in [1.165, 1.54) is 22.5 Å². The van der Waals surface area contributed by atoms with E-state index in [2.05, 4.69) is 72.5 Å². The van der Waals surface area contributed by atoms with Gasteiger partial charge in [0.2, 0.25) is 0 Å². The van der Waals surface area contributed by atoms with Crippen LogP contribution in [-0.2, 0) is 6.42 Å². The lowest BCUT2D eigenvalue weighted by Gasteiger charge is -2.23. The number of aromatic nitrogens is 2. The summed E-state index contributed by atoms with van der Waals surface area (Å²) in [6.45, 7) is 4.32. The van der Waals surface area contributed by atoms with Gasteiger partial charge in [0, 0.05) is 13.5 Å². The molecule has 0 saturated carbocycles. The Kier molecular flexibility index (Phi) is 3.26. The van der Waals surface area contributed by atoms with E-state index in [9.17, 15) is 0 Å². The summed E-state index contributed by atoms with van der Waals surface area (Å²) in [7, 11) is 2.14. The summed E-state index contributed by atoms with van der Waals surface area (Å²) < 4.78 is 0. The molecule has 1 aliphatic rings. The molecule has 2 heterocycles. The normalized spacial score (nSPS) is 16.7. The van der Waals surface area contributed by atoms with Gasteiger partial charge in [-0.2, -0.15) is 0 Å². The van der Waals surface area contributed by atoms with E-state index in [-0.39, 0.29) is 6.17 Å². The highest BCUT2D eigenvalue weighted by atomic mass is 15.3. The van der Waals surface area contributed by atoms with Crippen LogP contribution < -0.4 is 10.2 Å². The summed E-state index contributed by atoms with van der Waals surface area (Å²) in [6.07, 6.45) is 2.26. The maximum absolute atomic E-state index is 4.74. The molecular weight excluding hydrogens is 284 g/mol. The van der Waals surface area contributed by atoms with Gasteiger partial charge in [0.15, 0.2) is 0 Å². The zero-order chi connectivity index (χ0) is 16.0. The summed E-state index contributed by atoms with van der Waals surface area (Å²) in [5.41, 5.74) is 7.15. The van der Waals surface area contributed by atoms with Crippen LogP contribution in [0.4, 0.5) is 11.4 Å². The number of imidazole rings is 1. The molecule has 2 aromatic carbocycles. The Hall–Kier alpha value is -2.49. The van der Waals surface area contributed by atoms with Crippen LogP contribution in [0.1, 0.15) is 36.5 Å². The van der Waals surface area contributed by atoms with Crippen molar-refractivity contribution in [2.75, 3.05) is 17.3 Å². The summed E-state index contributed by atoms with van der Waals surface area (Å²) in [6, 6.07) is 12.9. The molecule has 118 valence electrons. The number of para-hydroxylation sites is 2. The van der Waals surface area contributed by atoms with Crippen LogP contribution in [0.5, 0.6) is 0 Å². The maximum atomic E-state index is 4.74. The van der Waals surface area contributed by atoms with Crippen LogP contribution in [0.25, 0.3) is 11.0 Å². The standard InChI is InChI=1S/C19H22N4/c1-4-7-17-20-15-11-13(10-12(2)18(15)22-17)19-21-14-8-5-6-9-16(14)23(19)3/h5-6,8-11,19,21H,4,7H2,1-3H3,(H,20,22). The van der Waals surface area contributed by atoms with E-state index < -0.39 is 0 Å². The molecule has 23 heavy (non-hydrogen) atoms. The molecule has 1 atom stereocenters. The Bertz CT molecular complexity index is 865. The number of H-pyrrole nitrogens is 1. The number of nitrogens with one attached hydrogen (secondary N) is 2. The number of hydrogen-bond donors (Lipinski definition) is 2. The van der Waals surface area contributed by atoms with Gasteiger partial charge in [-0.3, -0.25) is 0 Å². The third kappa shape index (κ3) is 2.25. The van der Waals surface area contributed by atoms with Crippen LogP contribution in [0, 0.1) is 6.92 Å². The van der Waals surface area contributed by atoms with Crippen molar-refractivity contribution in [3.05, 3.63) is 53.3 Å². The molecule has 1 unspecified atom stereocenters. The third-order valence-corrected chi connectivity index (χ3v) is 4.61. The molecule has 1 aromatic heterocycles. The minimum absolute atomic E-state index is 0.161. The number of fused-ring (bicyclic) bond motifs is 2. The van der Waals surface area contributed by atoms with Gasteiger partial charge < -0.3 is 15.2 Å². The van der Waals surface area contributed by atoms with Crippen molar-refractivity contribution in [3.8, 4) is 0 Å². The number of anilines is 2. The smallest absolute Gasteiger partial charge is 0.125 e. The van der Waals surface area contributed by atoms with Crippen molar-refractivity contribution in [2.45, 2.75) is 32.9 Å². The Morgan fingerprint density at radius 1 is 1.22 bits per heavy atom. The topological polar surface area (TPSA) is 44.0 Å². The van der Waals surface area contributed by atoms with Gasteiger partial charge in [-0.15, -0.1) is 0 Å². The van der Waals surface area contributed by atoms with Crippen LogP contribution in [0.15, 0.2) is 36.4 Å². The van der Waals surface area contributed by atoms with Gasteiger partial charge in [0.25, 0.3) is 0 Å². The Labute approximate surface area is 136 Å². The lowest BCUT2D eigenvalue weighted by atomic mass is 10.1. The van der Waals surface area contributed by atoms with E-state index in [0.29, 0.717) is 0 Å². The van der Waals surface area contributed by atoms with Gasteiger partial charge in [-0.1, -0.05) is 19.1 Å². The van der Waals surface area contributed by atoms with Gasteiger partial charge in [-0.05, 0) is 48.7 Å². The molecule has 1 aliphatic heterocycles. The fraction of sp³-hybridized carbons (Fsp3) is 0.316. The predicted octanol–water partition coefficient (Wildman–Crippen LogP) is 4.38. The molecule has 0 saturated heterocycles. The highest BCUT2D eigenvalue weighted by molar-refractivity contribution is 5.82. The zero-order valence-corrected chi connectivity index (χ0v) is 13.9. The molecule has 0 amide bonds. The number of benzene rings is 2. The second kappa shape index (κ2) is 5.30. The summed E-state index contributed by atoms with van der Waals surface area (Å²) in [5, 5.41) is 3.62.